The van der Waals surface area contributed by atoms with Gasteiger partial charge in [-0.2, -0.15) is 0 Å². The molecule has 1 heterocycles. The Morgan fingerprint density at radius 3 is 2.92 bits per heavy atom. The standard InChI is InChI=1S/C9H18N2O/c1-3-9(12)6-10-8-4-5-11(2)7-8/h8,10H,3-7H2,1-2H3. The minimum Gasteiger partial charge on any atom is -0.306 e. The van der Waals surface area contributed by atoms with Crippen LogP contribution in [0.15, 0.2) is 0 Å². The molecule has 0 amide bonds. The van der Waals surface area contributed by atoms with Gasteiger partial charge in [-0.15, -0.1) is 0 Å². The van der Waals surface area contributed by atoms with Crippen molar-refractivity contribution < 1.29 is 4.79 Å². The summed E-state index contributed by atoms with van der Waals surface area (Å²) in [4.78, 5) is 13.3. The number of hydrogen-bond acceptors (Lipinski definition) is 3. The first-order valence-electron chi connectivity index (χ1n) is 4.66. The lowest BCUT2D eigenvalue weighted by Crippen LogP contribution is -2.35. The van der Waals surface area contributed by atoms with Crippen LogP contribution in [0.3, 0.4) is 0 Å². The third-order valence-corrected chi connectivity index (χ3v) is 2.37. The van der Waals surface area contributed by atoms with Gasteiger partial charge in [-0.05, 0) is 20.0 Å². The molecule has 12 heavy (non-hydrogen) atoms. The summed E-state index contributed by atoms with van der Waals surface area (Å²) in [5.41, 5.74) is 0. The molecule has 1 saturated heterocycles. The van der Waals surface area contributed by atoms with Crippen molar-refractivity contribution in [2.45, 2.75) is 25.8 Å². The van der Waals surface area contributed by atoms with Crippen molar-refractivity contribution in [2.75, 3.05) is 26.7 Å². The molecule has 0 aromatic carbocycles. The Labute approximate surface area is 74.1 Å². The fourth-order valence-corrected chi connectivity index (χ4v) is 1.48. The first-order chi connectivity index (χ1) is 5.72. The zero-order valence-corrected chi connectivity index (χ0v) is 7.97. The largest absolute Gasteiger partial charge is 0.306 e. The van der Waals surface area contributed by atoms with Gasteiger partial charge < -0.3 is 10.2 Å². The number of Topliss-reactive ketones (excluding diaryl/α,β-unsaturated/α-hetero) is 1. The second kappa shape index (κ2) is 4.58. The number of carbonyl (C=O) groups is 1. The highest BCUT2D eigenvalue weighted by atomic mass is 16.1. The molecule has 3 nitrogen and oxygen atoms in total. The van der Waals surface area contributed by atoms with E-state index in [4.69, 9.17) is 0 Å². The van der Waals surface area contributed by atoms with E-state index >= 15 is 0 Å². The van der Waals surface area contributed by atoms with E-state index in [1.54, 1.807) is 0 Å². The second-order valence-electron chi connectivity index (χ2n) is 3.52. The highest BCUT2D eigenvalue weighted by molar-refractivity contribution is 5.80. The molecule has 0 bridgehead atoms. The molecular formula is C9H18N2O. The van der Waals surface area contributed by atoms with Crippen LogP contribution in [0.5, 0.6) is 0 Å². The van der Waals surface area contributed by atoms with Crippen LogP contribution in [-0.4, -0.2) is 43.4 Å². The van der Waals surface area contributed by atoms with Crippen molar-refractivity contribution in [3.63, 3.8) is 0 Å². The molecule has 1 aliphatic heterocycles. The number of likely N-dealkylation sites (N-methyl/N-ethyl adjacent to an activating group) is 1. The van der Waals surface area contributed by atoms with Crippen LogP contribution in [0.4, 0.5) is 0 Å². The maximum atomic E-state index is 11.0. The first kappa shape index (κ1) is 9.68. The van der Waals surface area contributed by atoms with Crippen molar-refractivity contribution >= 4 is 5.78 Å². The van der Waals surface area contributed by atoms with Crippen LogP contribution < -0.4 is 5.32 Å². The Kier molecular flexibility index (Phi) is 3.69. The molecule has 1 aliphatic rings. The molecule has 0 aromatic rings. The number of likely N-dealkylation sites (tertiary alicyclic amines) is 1. The van der Waals surface area contributed by atoms with Gasteiger partial charge >= 0.3 is 0 Å². The van der Waals surface area contributed by atoms with Crippen LogP contribution in [0.25, 0.3) is 0 Å². The lowest BCUT2D eigenvalue weighted by atomic mass is 10.2. The summed E-state index contributed by atoms with van der Waals surface area (Å²) < 4.78 is 0. The number of nitrogens with zero attached hydrogens (tertiary/aromatic N) is 1. The van der Waals surface area contributed by atoms with Gasteiger partial charge in [0.25, 0.3) is 0 Å². The first-order valence-corrected chi connectivity index (χ1v) is 4.66. The van der Waals surface area contributed by atoms with Crippen LogP contribution >= 0.6 is 0 Å². The van der Waals surface area contributed by atoms with Gasteiger partial charge in [0.1, 0.15) is 5.78 Å². The smallest absolute Gasteiger partial charge is 0.146 e. The van der Waals surface area contributed by atoms with E-state index in [2.05, 4.69) is 17.3 Å². The highest BCUT2D eigenvalue weighted by Gasteiger charge is 2.18. The average Bonchev–Trinajstić information content (AvgIpc) is 2.47. The highest BCUT2D eigenvalue weighted by Crippen LogP contribution is 2.05. The van der Waals surface area contributed by atoms with Crippen molar-refractivity contribution in [1.29, 1.82) is 0 Å². The molecule has 0 spiro atoms. The van der Waals surface area contributed by atoms with E-state index < -0.39 is 0 Å². The summed E-state index contributed by atoms with van der Waals surface area (Å²) in [5.74, 6) is 0.310. The Bertz CT molecular complexity index is 159. The van der Waals surface area contributed by atoms with Gasteiger partial charge in [-0.25, -0.2) is 0 Å². The summed E-state index contributed by atoms with van der Waals surface area (Å²) in [7, 11) is 2.11. The van der Waals surface area contributed by atoms with E-state index in [0.29, 0.717) is 24.8 Å². The SMILES string of the molecule is CCC(=O)CNC1CCN(C)C1. The fourth-order valence-electron chi connectivity index (χ4n) is 1.48. The Balaban J connectivity index is 2.11. The summed E-state index contributed by atoms with van der Waals surface area (Å²) in [6.45, 7) is 4.69. The molecule has 1 N–H and O–H groups in total. The molecule has 70 valence electrons. The molecule has 1 fully saturated rings. The number of hydrogen-bond donors (Lipinski definition) is 1. The van der Waals surface area contributed by atoms with E-state index in [1.807, 2.05) is 6.92 Å². The second-order valence-corrected chi connectivity index (χ2v) is 3.52. The van der Waals surface area contributed by atoms with Gasteiger partial charge in [0.15, 0.2) is 0 Å². The maximum Gasteiger partial charge on any atom is 0.146 e. The minimum absolute atomic E-state index is 0.310. The Morgan fingerprint density at radius 1 is 1.67 bits per heavy atom. The van der Waals surface area contributed by atoms with Gasteiger partial charge in [0, 0.05) is 19.0 Å². The molecule has 0 saturated carbocycles. The molecule has 0 aromatic heterocycles. The monoisotopic (exact) mass is 170 g/mol. The van der Waals surface area contributed by atoms with Crippen LogP contribution in [0, 0.1) is 0 Å². The van der Waals surface area contributed by atoms with Crippen LogP contribution in [0.1, 0.15) is 19.8 Å². The number of rotatable bonds is 4. The lowest BCUT2D eigenvalue weighted by molar-refractivity contribution is -0.118. The lowest BCUT2D eigenvalue weighted by Gasteiger charge is -2.11. The number of carbonyl (C=O) groups excluding carboxylic acids is 1. The summed E-state index contributed by atoms with van der Waals surface area (Å²) in [6.07, 6.45) is 1.82. The molecule has 1 atom stereocenters. The normalized spacial score (nSPS) is 24.7. The van der Waals surface area contributed by atoms with Crippen molar-refractivity contribution in [1.82, 2.24) is 10.2 Å². The van der Waals surface area contributed by atoms with Crippen molar-refractivity contribution in [3.8, 4) is 0 Å². The number of nitrogens with one attached hydrogen (secondary N) is 1. The molecule has 3 heteroatoms. The van der Waals surface area contributed by atoms with Gasteiger partial charge in [0.2, 0.25) is 0 Å². The van der Waals surface area contributed by atoms with Crippen LogP contribution in [-0.2, 0) is 4.79 Å². The Morgan fingerprint density at radius 2 is 2.42 bits per heavy atom. The number of ketones is 1. The quantitative estimate of drug-likeness (QED) is 0.657. The third kappa shape index (κ3) is 2.91. The molecule has 1 unspecified atom stereocenters. The van der Waals surface area contributed by atoms with E-state index in [1.165, 1.54) is 6.42 Å². The Hall–Kier alpha value is -0.410. The predicted molar refractivity (Wildman–Crippen MR) is 49.2 cm³/mol. The predicted octanol–water partition coefficient (Wildman–Crippen LogP) is 0.259. The zero-order chi connectivity index (χ0) is 8.97. The summed E-state index contributed by atoms with van der Waals surface area (Å²) in [6, 6.07) is 0.533. The van der Waals surface area contributed by atoms with Crippen molar-refractivity contribution in [3.05, 3.63) is 0 Å². The fraction of sp³-hybridized carbons (Fsp3) is 0.889. The molecular weight excluding hydrogens is 152 g/mol. The van der Waals surface area contributed by atoms with Crippen LogP contribution in [0.2, 0.25) is 0 Å². The summed E-state index contributed by atoms with van der Waals surface area (Å²) in [5, 5.41) is 3.27. The van der Waals surface area contributed by atoms with Gasteiger partial charge in [0.05, 0.1) is 6.54 Å². The van der Waals surface area contributed by atoms with Gasteiger partial charge in [-0.1, -0.05) is 6.92 Å². The average molecular weight is 170 g/mol. The van der Waals surface area contributed by atoms with E-state index in [0.717, 1.165) is 13.1 Å². The van der Waals surface area contributed by atoms with E-state index in [9.17, 15) is 4.79 Å². The summed E-state index contributed by atoms with van der Waals surface area (Å²) >= 11 is 0. The van der Waals surface area contributed by atoms with Gasteiger partial charge in [-0.3, -0.25) is 4.79 Å². The maximum absolute atomic E-state index is 11.0. The minimum atomic E-state index is 0.310. The van der Waals surface area contributed by atoms with E-state index in [-0.39, 0.29) is 0 Å². The zero-order valence-electron chi connectivity index (χ0n) is 7.97. The molecule has 0 radical (unpaired) electrons. The topological polar surface area (TPSA) is 32.3 Å². The third-order valence-electron chi connectivity index (χ3n) is 2.37. The molecule has 1 rings (SSSR count). The molecule has 0 aliphatic carbocycles. The van der Waals surface area contributed by atoms with Crippen molar-refractivity contribution in [2.24, 2.45) is 0 Å².